The van der Waals surface area contributed by atoms with Crippen LogP contribution in [0.15, 0.2) is 10.6 Å². The van der Waals surface area contributed by atoms with Gasteiger partial charge in [-0.3, -0.25) is 4.79 Å². The van der Waals surface area contributed by atoms with Crippen LogP contribution in [0, 0.1) is 5.92 Å². The summed E-state index contributed by atoms with van der Waals surface area (Å²) in [6, 6.07) is 1.82. The van der Waals surface area contributed by atoms with E-state index in [1.807, 2.05) is 6.07 Å². The van der Waals surface area contributed by atoms with Gasteiger partial charge in [0, 0.05) is 17.4 Å². The SMILES string of the molecule is CC(C)(C)c1cc(NC(=O)C2CCCCC2)no1. The van der Waals surface area contributed by atoms with Crippen LogP contribution < -0.4 is 5.32 Å². The average Bonchev–Trinajstić information content (AvgIpc) is 2.78. The molecule has 2 rings (SSSR count). The molecule has 1 fully saturated rings. The predicted molar refractivity (Wildman–Crippen MR) is 70.4 cm³/mol. The van der Waals surface area contributed by atoms with E-state index in [2.05, 4.69) is 31.2 Å². The number of nitrogens with one attached hydrogen (secondary N) is 1. The first-order valence-electron chi connectivity index (χ1n) is 6.75. The van der Waals surface area contributed by atoms with E-state index in [1.54, 1.807) is 0 Å². The van der Waals surface area contributed by atoms with E-state index in [9.17, 15) is 4.79 Å². The molecule has 0 saturated heterocycles. The Morgan fingerprint density at radius 1 is 1.33 bits per heavy atom. The lowest BCUT2D eigenvalue weighted by molar-refractivity contribution is -0.120. The fourth-order valence-electron chi connectivity index (χ4n) is 2.28. The Balaban J connectivity index is 1.96. The van der Waals surface area contributed by atoms with Gasteiger partial charge in [0.05, 0.1) is 0 Å². The van der Waals surface area contributed by atoms with Crippen molar-refractivity contribution in [2.24, 2.45) is 5.92 Å². The molecule has 1 aromatic heterocycles. The molecule has 0 atom stereocenters. The number of amides is 1. The van der Waals surface area contributed by atoms with Gasteiger partial charge in [-0.25, -0.2) is 0 Å². The van der Waals surface area contributed by atoms with Crippen LogP contribution in [-0.2, 0) is 10.2 Å². The summed E-state index contributed by atoms with van der Waals surface area (Å²) in [6.45, 7) is 6.17. The highest BCUT2D eigenvalue weighted by Crippen LogP contribution is 2.27. The molecule has 0 radical (unpaired) electrons. The maximum Gasteiger partial charge on any atom is 0.228 e. The van der Waals surface area contributed by atoms with Gasteiger partial charge < -0.3 is 9.84 Å². The Bertz CT molecular complexity index is 412. The van der Waals surface area contributed by atoms with Gasteiger partial charge >= 0.3 is 0 Å². The third-order valence-electron chi connectivity index (χ3n) is 3.48. The second-order valence-electron chi connectivity index (χ2n) is 6.15. The summed E-state index contributed by atoms with van der Waals surface area (Å²) in [4.78, 5) is 12.0. The van der Waals surface area contributed by atoms with E-state index in [0.29, 0.717) is 5.82 Å². The monoisotopic (exact) mass is 250 g/mol. The number of hydrogen-bond donors (Lipinski definition) is 1. The summed E-state index contributed by atoms with van der Waals surface area (Å²) < 4.78 is 5.25. The minimum atomic E-state index is -0.0825. The van der Waals surface area contributed by atoms with Gasteiger partial charge in [-0.05, 0) is 12.8 Å². The van der Waals surface area contributed by atoms with E-state index in [-0.39, 0.29) is 17.2 Å². The lowest BCUT2D eigenvalue weighted by Crippen LogP contribution is -2.24. The van der Waals surface area contributed by atoms with Gasteiger partial charge in [0.15, 0.2) is 5.82 Å². The maximum absolute atomic E-state index is 12.0. The molecule has 0 aromatic carbocycles. The smallest absolute Gasteiger partial charge is 0.228 e. The summed E-state index contributed by atoms with van der Waals surface area (Å²) >= 11 is 0. The number of nitrogens with zero attached hydrogens (tertiary/aromatic N) is 1. The van der Waals surface area contributed by atoms with Crippen molar-refractivity contribution in [3.8, 4) is 0 Å². The van der Waals surface area contributed by atoms with Crippen molar-refractivity contribution in [2.75, 3.05) is 5.32 Å². The van der Waals surface area contributed by atoms with Crippen LogP contribution in [0.3, 0.4) is 0 Å². The molecule has 18 heavy (non-hydrogen) atoms. The largest absolute Gasteiger partial charge is 0.359 e. The van der Waals surface area contributed by atoms with Gasteiger partial charge in [0.2, 0.25) is 5.91 Å². The van der Waals surface area contributed by atoms with Gasteiger partial charge in [-0.15, -0.1) is 0 Å². The zero-order valence-electron chi connectivity index (χ0n) is 11.5. The van der Waals surface area contributed by atoms with Crippen LogP contribution in [-0.4, -0.2) is 11.1 Å². The lowest BCUT2D eigenvalue weighted by atomic mass is 9.88. The number of aromatic nitrogens is 1. The van der Waals surface area contributed by atoms with Gasteiger partial charge in [-0.2, -0.15) is 0 Å². The zero-order valence-corrected chi connectivity index (χ0v) is 11.5. The van der Waals surface area contributed by atoms with Crippen molar-refractivity contribution in [3.63, 3.8) is 0 Å². The molecule has 1 amide bonds. The summed E-state index contributed by atoms with van der Waals surface area (Å²) in [5, 5.41) is 6.77. The number of carbonyl (C=O) groups excluding carboxylic acids is 1. The van der Waals surface area contributed by atoms with Crippen LogP contribution in [0.2, 0.25) is 0 Å². The molecule has 1 aliphatic rings. The molecule has 0 aliphatic heterocycles. The molecule has 100 valence electrons. The Kier molecular flexibility index (Phi) is 3.73. The van der Waals surface area contributed by atoms with Crippen LogP contribution in [0.25, 0.3) is 0 Å². The molecule has 0 bridgehead atoms. The zero-order chi connectivity index (χ0) is 13.2. The molecule has 1 N–H and O–H groups in total. The van der Waals surface area contributed by atoms with Gasteiger partial charge in [-0.1, -0.05) is 45.2 Å². The molecule has 4 heteroatoms. The quantitative estimate of drug-likeness (QED) is 0.874. The number of hydrogen-bond acceptors (Lipinski definition) is 3. The molecule has 4 nitrogen and oxygen atoms in total. The summed E-state index contributed by atoms with van der Waals surface area (Å²) in [6.07, 6.45) is 5.56. The minimum absolute atomic E-state index is 0.0825. The number of rotatable bonds is 2. The van der Waals surface area contributed by atoms with Gasteiger partial charge in [0.25, 0.3) is 0 Å². The number of carbonyl (C=O) groups is 1. The van der Waals surface area contributed by atoms with E-state index >= 15 is 0 Å². The van der Waals surface area contributed by atoms with Crippen LogP contribution >= 0.6 is 0 Å². The lowest BCUT2D eigenvalue weighted by Gasteiger charge is -2.19. The Morgan fingerprint density at radius 2 is 2.00 bits per heavy atom. The van der Waals surface area contributed by atoms with Crippen molar-refractivity contribution in [1.82, 2.24) is 5.16 Å². The molecule has 0 spiro atoms. The second kappa shape index (κ2) is 5.12. The second-order valence-corrected chi connectivity index (χ2v) is 6.15. The maximum atomic E-state index is 12.0. The highest BCUT2D eigenvalue weighted by molar-refractivity contribution is 5.91. The van der Waals surface area contributed by atoms with Crippen LogP contribution in [0.5, 0.6) is 0 Å². The summed E-state index contributed by atoms with van der Waals surface area (Å²) in [5.74, 6) is 1.56. The van der Waals surface area contributed by atoms with E-state index < -0.39 is 0 Å². The molecule has 1 saturated carbocycles. The fraction of sp³-hybridized carbons (Fsp3) is 0.714. The van der Waals surface area contributed by atoms with Crippen LogP contribution in [0.4, 0.5) is 5.82 Å². The van der Waals surface area contributed by atoms with E-state index in [1.165, 1.54) is 6.42 Å². The Morgan fingerprint density at radius 3 is 2.56 bits per heavy atom. The Labute approximate surface area is 108 Å². The molecule has 1 aromatic rings. The molecular formula is C14H22N2O2. The standard InChI is InChI=1S/C14H22N2O2/c1-14(2,3)11-9-12(16-18-11)15-13(17)10-7-5-4-6-8-10/h9-10H,4-8H2,1-3H3,(H,15,16,17). The van der Waals surface area contributed by atoms with Crippen molar-refractivity contribution in [3.05, 3.63) is 11.8 Å². The number of anilines is 1. The van der Waals surface area contributed by atoms with Crippen molar-refractivity contribution < 1.29 is 9.32 Å². The highest BCUT2D eigenvalue weighted by atomic mass is 16.5. The first-order valence-corrected chi connectivity index (χ1v) is 6.75. The average molecular weight is 250 g/mol. The van der Waals surface area contributed by atoms with Gasteiger partial charge in [0.1, 0.15) is 5.76 Å². The highest BCUT2D eigenvalue weighted by Gasteiger charge is 2.24. The first kappa shape index (κ1) is 13.1. The van der Waals surface area contributed by atoms with E-state index in [4.69, 9.17) is 4.52 Å². The van der Waals surface area contributed by atoms with Crippen molar-refractivity contribution >= 4 is 11.7 Å². The third kappa shape index (κ3) is 3.12. The molecule has 1 aliphatic carbocycles. The predicted octanol–water partition coefficient (Wildman–Crippen LogP) is 3.49. The fourth-order valence-corrected chi connectivity index (χ4v) is 2.28. The normalized spacial score (nSPS) is 17.7. The molecule has 0 unspecified atom stereocenters. The summed E-state index contributed by atoms with van der Waals surface area (Å²) in [5.41, 5.74) is -0.0825. The van der Waals surface area contributed by atoms with Crippen molar-refractivity contribution in [2.45, 2.75) is 58.3 Å². The van der Waals surface area contributed by atoms with Crippen LogP contribution in [0.1, 0.15) is 58.6 Å². The minimum Gasteiger partial charge on any atom is -0.359 e. The van der Waals surface area contributed by atoms with Crippen molar-refractivity contribution in [1.29, 1.82) is 0 Å². The molecular weight excluding hydrogens is 228 g/mol. The third-order valence-corrected chi connectivity index (χ3v) is 3.48. The summed E-state index contributed by atoms with van der Waals surface area (Å²) in [7, 11) is 0. The van der Waals surface area contributed by atoms with E-state index in [0.717, 1.165) is 31.4 Å². The topological polar surface area (TPSA) is 55.1 Å². The Hall–Kier alpha value is -1.32. The molecule has 1 heterocycles. The first-order chi connectivity index (χ1) is 8.47.